The first-order chi connectivity index (χ1) is 30.9. The molecule has 1 saturated heterocycles. The van der Waals surface area contributed by atoms with Crippen molar-refractivity contribution in [1.29, 1.82) is 0 Å². The summed E-state index contributed by atoms with van der Waals surface area (Å²) in [7, 11) is -4.80. The lowest BCUT2D eigenvalue weighted by molar-refractivity contribution is -0.384. The smallest absolute Gasteiger partial charge is 0.405 e. The molecule has 3 N–H and O–H groups in total. The molecule has 18 heteroatoms. The van der Waals surface area contributed by atoms with E-state index in [2.05, 4.69) is 45.7 Å². The molecule has 0 bridgehead atoms. The first-order valence-corrected chi connectivity index (χ1v) is 22.7. The summed E-state index contributed by atoms with van der Waals surface area (Å²) in [5, 5.41) is 15.3. The molecule has 0 atom stereocenters. The number of amides is 1. The number of piperazine rings is 1. The molecule has 13 nitrogen and oxygen atoms in total. The summed E-state index contributed by atoms with van der Waals surface area (Å²) in [5.41, 5.74) is 4.91. The van der Waals surface area contributed by atoms with Crippen molar-refractivity contribution in [2.45, 2.75) is 44.2 Å². The first kappa shape index (κ1) is 45.1. The van der Waals surface area contributed by atoms with Gasteiger partial charge in [0.2, 0.25) is 0 Å². The minimum atomic E-state index is -4.80. The zero-order valence-corrected chi connectivity index (χ0v) is 37.0. The molecule has 0 saturated carbocycles. The van der Waals surface area contributed by atoms with Gasteiger partial charge < -0.3 is 19.9 Å². The molecule has 8 rings (SSSR count). The number of fused-ring (bicyclic) bond motifs is 1. The second kappa shape index (κ2) is 18.2. The number of nitrogens with zero attached hydrogens (tertiary/aromatic N) is 4. The summed E-state index contributed by atoms with van der Waals surface area (Å²) in [6.07, 6.45) is 1.69. The topological polar surface area (TPSA) is 163 Å². The van der Waals surface area contributed by atoms with E-state index in [1.54, 1.807) is 48.8 Å². The average Bonchev–Trinajstić information content (AvgIpc) is 3.74. The van der Waals surface area contributed by atoms with Crippen LogP contribution in [0.1, 0.15) is 49.0 Å². The third-order valence-corrected chi connectivity index (χ3v) is 13.3. The van der Waals surface area contributed by atoms with Crippen LogP contribution in [-0.4, -0.2) is 79.6 Å². The number of aromatic amines is 1. The fourth-order valence-electron chi connectivity index (χ4n) is 8.34. The third-order valence-electron chi connectivity index (χ3n) is 11.7. The Morgan fingerprint density at radius 1 is 0.969 bits per heavy atom. The summed E-state index contributed by atoms with van der Waals surface area (Å²) in [5.74, 6) is -0.291. The predicted molar refractivity (Wildman–Crippen MR) is 245 cm³/mol. The molecule has 338 valence electrons. The van der Waals surface area contributed by atoms with Gasteiger partial charge in [0.15, 0.2) is 0 Å². The van der Waals surface area contributed by atoms with Crippen LogP contribution in [0.5, 0.6) is 11.5 Å². The van der Waals surface area contributed by atoms with Crippen molar-refractivity contribution >= 4 is 61.2 Å². The lowest BCUT2D eigenvalue weighted by Gasteiger charge is -2.39. The van der Waals surface area contributed by atoms with Crippen LogP contribution in [0.15, 0.2) is 120 Å². The van der Waals surface area contributed by atoms with Gasteiger partial charge in [-0.3, -0.25) is 19.8 Å². The molecule has 2 aromatic heterocycles. The van der Waals surface area contributed by atoms with Crippen molar-refractivity contribution in [3.05, 3.63) is 141 Å². The Labute approximate surface area is 378 Å². The van der Waals surface area contributed by atoms with Crippen LogP contribution < -0.4 is 19.7 Å². The zero-order valence-electron chi connectivity index (χ0n) is 35.4. The van der Waals surface area contributed by atoms with Crippen LogP contribution in [0.2, 0.25) is 5.02 Å². The minimum Gasteiger partial charge on any atom is -0.455 e. The third kappa shape index (κ3) is 10.6. The van der Waals surface area contributed by atoms with E-state index < -0.39 is 49.8 Å². The fourth-order valence-corrected chi connectivity index (χ4v) is 9.45. The highest BCUT2D eigenvalue weighted by Crippen LogP contribution is 2.44. The van der Waals surface area contributed by atoms with Gasteiger partial charge in [-0.25, -0.2) is 18.1 Å². The van der Waals surface area contributed by atoms with Gasteiger partial charge in [0.05, 0.1) is 16.0 Å². The zero-order chi connectivity index (χ0) is 46.1. The monoisotopic (exact) mass is 927 g/mol. The number of H-pyrrole nitrogens is 1. The number of anilines is 2. The lowest BCUT2D eigenvalue weighted by atomic mass is 9.72. The van der Waals surface area contributed by atoms with Crippen molar-refractivity contribution in [3.8, 4) is 22.6 Å². The molecule has 1 amide bonds. The van der Waals surface area contributed by atoms with Crippen molar-refractivity contribution in [1.82, 2.24) is 19.6 Å². The SMILES string of the molecule is CC1(C)CCC(CN2CCN(c3ccc(C(=O)NS(=O)(=O)c4ccc(NCC(F)(F)F)c([N+](=O)[O-])c4)c(-c4ccccc4Oc4cnc5[nH]ccc5c4)c3)CC2)=C(c2ccc(Cl)cc2)C1. The van der Waals surface area contributed by atoms with Crippen molar-refractivity contribution in [2.75, 3.05) is 49.5 Å². The summed E-state index contributed by atoms with van der Waals surface area (Å²) >= 11 is 6.24. The number of allylic oxidation sites excluding steroid dienone is 1. The van der Waals surface area contributed by atoms with E-state index in [-0.39, 0.29) is 11.0 Å². The number of hydrogen-bond acceptors (Lipinski definition) is 10. The molecule has 0 radical (unpaired) electrons. The number of nitro groups is 1. The Balaban J connectivity index is 1.08. The van der Waals surface area contributed by atoms with Crippen molar-refractivity contribution < 1.29 is 36.0 Å². The van der Waals surface area contributed by atoms with E-state index in [0.717, 1.165) is 62.1 Å². The number of hydrogen-bond donors (Lipinski definition) is 3. The molecular formula is C47H45ClF3N7O6S. The van der Waals surface area contributed by atoms with Crippen LogP contribution in [0, 0.1) is 15.5 Å². The number of nitrogens with one attached hydrogen (secondary N) is 3. The van der Waals surface area contributed by atoms with Crippen molar-refractivity contribution in [2.24, 2.45) is 5.41 Å². The number of benzene rings is 4. The van der Waals surface area contributed by atoms with Crippen LogP contribution in [0.25, 0.3) is 27.7 Å². The molecule has 1 aliphatic carbocycles. The quantitative estimate of drug-likeness (QED) is 0.0751. The Morgan fingerprint density at radius 3 is 2.46 bits per heavy atom. The normalized spacial score (nSPS) is 15.8. The summed E-state index contributed by atoms with van der Waals surface area (Å²) < 4.78 is 74.4. The van der Waals surface area contributed by atoms with Gasteiger partial charge in [-0.15, -0.1) is 0 Å². The molecule has 65 heavy (non-hydrogen) atoms. The van der Waals surface area contributed by atoms with E-state index in [4.69, 9.17) is 16.3 Å². The standard InChI is InChI=1S/C47H45ClF3N7O6S/c1-46(2)17-15-32(40(26-46)30-7-9-33(48)10-8-30)28-56-19-21-57(22-20-56)34-11-13-38(39(24-34)37-5-3-4-6-43(37)64-35-23-31-16-18-52-44(31)53-27-35)45(59)55-65(62,63)36-12-14-41(42(25-36)58(60)61)54-29-47(49,50)51/h3-14,16,18,23-25,27,54H,15,17,19-22,26,28-29H2,1-2H3,(H,52,53)(H,55,59). The maximum absolute atomic E-state index is 14.2. The molecule has 2 aliphatic rings. The number of halogens is 4. The van der Waals surface area contributed by atoms with Gasteiger partial charge in [0.25, 0.3) is 21.6 Å². The van der Waals surface area contributed by atoms with E-state index in [9.17, 15) is 36.5 Å². The molecular weight excluding hydrogens is 883 g/mol. The highest BCUT2D eigenvalue weighted by atomic mass is 35.5. The fraction of sp³-hybridized carbons (Fsp3) is 0.277. The van der Waals surface area contributed by atoms with Gasteiger partial charge in [-0.1, -0.05) is 61.4 Å². The van der Waals surface area contributed by atoms with Gasteiger partial charge >= 0.3 is 6.18 Å². The van der Waals surface area contributed by atoms with Crippen molar-refractivity contribution in [3.63, 3.8) is 0 Å². The summed E-state index contributed by atoms with van der Waals surface area (Å²) in [6, 6.07) is 26.1. The number of aromatic nitrogens is 2. The van der Waals surface area contributed by atoms with Gasteiger partial charge in [-0.2, -0.15) is 13.2 Å². The molecule has 0 spiro atoms. The number of nitro benzene ring substituents is 1. The van der Waals surface area contributed by atoms with Crippen LogP contribution in [-0.2, 0) is 10.0 Å². The number of rotatable bonds is 13. The first-order valence-electron chi connectivity index (χ1n) is 20.9. The highest BCUT2D eigenvalue weighted by molar-refractivity contribution is 7.90. The summed E-state index contributed by atoms with van der Waals surface area (Å²) in [4.78, 5) is 36.4. The second-order valence-corrected chi connectivity index (χ2v) is 19.1. The number of carbonyl (C=O) groups is 1. The number of alkyl halides is 3. The second-order valence-electron chi connectivity index (χ2n) is 16.9. The van der Waals surface area contributed by atoms with Crippen LogP contribution in [0.4, 0.5) is 30.2 Å². The van der Waals surface area contributed by atoms with Crippen LogP contribution in [0.3, 0.4) is 0 Å². The maximum Gasteiger partial charge on any atom is 0.405 e. The molecule has 4 aromatic carbocycles. The van der Waals surface area contributed by atoms with Crippen LogP contribution >= 0.6 is 11.6 Å². The Hall–Kier alpha value is -6.43. The molecule has 0 unspecified atom stereocenters. The Bertz CT molecular complexity index is 2910. The molecule has 6 aromatic rings. The molecule has 1 fully saturated rings. The van der Waals surface area contributed by atoms with E-state index in [1.165, 1.54) is 22.8 Å². The number of carbonyl (C=O) groups excluding carboxylic acids is 1. The van der Waals surface area contributed by atoms with Gasteiger partial charge in [0.1, 0.15) is 29.4 Å². The number of sulfonamides is 1. The van der Waals surface area contributed by atoms with E-state index in [1.807, 2.05) is 34.3 Å². The van der Waals surface area contributed by atoms with E-state index in [0.29, 0.717) is 52.5 Å². The number of pyridine rings is 1. The summed E-state index contributed by atoms with van der Waals surface area (Å²) in [6.45, 7) is 6.74. The Kier molecular flexibility index (Phi) is 12.7. The minimum absolute atomic E-state index is 0.0499. The lowest BCUT2D eigenvalue weighted by Crippen LogP contribution is -2.47. The molecule has 1 aliphatic heterocycles. The average molecular weight is 928 g/mol. The Morgan fingerprint density at radius 2 is 1.72 bits per heavy atom. The largest absolute Gasteiger partial charge is 0.455 e. The molecule has 3 heterocycles. The predicted octanol–water partition coefficient (Wildman–Crippen LogP) is 10.5. The number of ether oxygens (including phenoxy) is 1. The maximum atomic E-state index is 14.2. The van der Waals surface area contributed by atoms with Gasteiger partial charge in [-0.05, 0) is 96.5 Å². The highest BCUT2D eigenvalue weighted by Gasteiger charge is 2.32. The number of para-hydroxylation sites is 1. The van der Waals surface area contributed by atoms with E-state index >= 15 is 0 Å². The van der Waals surface area contributed by atoms with Gasteiger partial charge in [0, 0.05) is 77.8 Å².